The van der Waals surface area contributed by atoms with Crippen LogP contribution in [0.3, 0.4) is 0 Å². The highest BCUT2D eigenvalue weighted by Gasteiger charge is 2.00. The molecule has 0 radical (unpaired) electrons. The predicted octanol–water partition coefficient (Wildman–Crippen LogP) is 2.25. The van der Waals surface area contributed by atoms with Crippen LogP contribution < -0.4 is 5.32 Å². The van der Waals surface area contributed by atoms with E-state index in [0.717, 1.165) is 23.5 Å². The van der Waals surface area contributed by atoms with Gasteiger partial charge in [-0.2, -0.15) is 5.26 Å². The second-order valence-electron chi connectivity index (χ2n) is 4.51. The molecule has 0 aliphatic carbocycles. The van der Waals surface area contributed by atoms with Crippen molar-refractivity contribution in [3.63, 3.8) is 0 Å². The Morgan fingerprint density at radius 3 is 2.63 bits per heavy atom. The molecule has 0 aliphatic heterocycles. The highest BCUT2D eigenvalue weighted by atomic mass is 14.9. The molecule has 0 fully saturated rings. The summed E-state index contributed by atoms with van der Waals surface area (Å²) in [5, 5.41) is 12.1. The van der Waals surface area contributed by atoms with Crippen molar-refractivity contribution in [1.29, 1.82) is 5.26 Å². The molecule has 1 aromatic heterocycles. The Hall–Kier alpha value is -2.25. The van der Waals surface area contributed by atoms with Gasteiger partial charge in [-0.15, -0.1) is 0 Å². The van der Waals surface area contributed by atoms with Crippen LogP contribution in [0.25, 0.3) is 0 Å². The third-order valence-electron chi connectivity index (χ3n) is 2.93. The summed E-state index contributed by atoms with van der Waals surface area (Å²) in [5.41, 5.74) is 4.87. The van der Waals surface area contributed by atoms with Crippen LogP contribution in [0.2, 0.25) is 0 Å². The number of benzene rings is 1. The van der Waals surface area contributed by atoms with E-state index in [0.29, 0.717) is 12.1 Å². The Labute approximate surface area is 113 Å². The molecule has 0 atom stereocenters. The molecule has 0 aliphatic rings. The molecule has 4 heteroatoms. The van der Waals surface area contributed by atoms with Crippen molar-refractivity contribution < 1.29 is 0 Å². The lowest BCUT2D eigenvalue weighted by Gasteiger charge is -2.07. The number of rotatable bonds is 4. The van der Waals surface area contributed by atoms with Gasteiger partial charge in [-0.3, -0.25) is 9.97 Å². The van der Waals surface area contributed by atoms with E-state index in [1.807, 2.05) is 32.0 Å². The SMILES string of the molecule is Cc1cnc(CNCc2ccc(C#N)cc2C)cn1. The van der Waals surface area contributed by atoms with E-state index >= 15 is 0 Å². The van der Waals surface area contributed by atoms with Crippen LogP contribution in [-0.2, 0) is 13.1 Å². The van der Waals surface area contributed by atoms with Crippen molar-refractivity contribution in [3.8, 4) is 6.07 Å². The van der Waals surface area contributed by atoms with E-state index in [9.17, 15) is 0 Å². The average molecular weight is 252 g/mol. The van der Waals surface area contributed by atoms with Gasteiger partial charge in [0.05, 0.1) is 23.0 Å². The molecule has 0 spiro atoms. The minimum atomic E-state index is 0.687. The smallest absolute Gasteiger partial charge is 0.0991 e. The van der Waals surface area contributed by atoms with Crippen LogP contribution >= 0.6 is 0 Å². The van der Waals surface area contributed by atoms with Crippen LogP contribution in [0.4, 0.5) is 0 Å². The molecular weight excluding hydrogens is 236 g/mol. The third-order valence-corrected chi connectivity index (χ3v) is 2.93. The molecule has 1 N–H and O–H groups in total. The second kappa shape index (κ2) is 6.07. The topological polar surface area (TPSA) is 61.6 Å². The van der Waals surface area contributed by atoms with Gasteiger partial charge in [-0.25, -0.2) is 0 Å². The maximum absolute atomic E-state index is 8.82. The monoisotopic (exact) mass is 252 g/mol. The highest BCUT2D eigenvalue weighted by Crippen LogP contribution is 2.10. The number of nitriles is 1. The van der Waals surface area contributed by atoms with Crippen molar-refractivity contribution in [2.75, 3.05) is 0 Å². The van der Waals surface area contributed by atoms with Gasteiger partial charge in [0.2, 0.25) is 0 Å². The molecule has 0 saturated heterocycles. The zero-order valence-corrected chi connectivity index (χ0v) is 11.1. The standard InChI is InChI=1S/C15H16N4/c1-11-5-13(6-16)3-4-14(11)8-17-9-15-10-18-12(2)7-19-15/h3-5,7,10,17H,8-9H2,1-2H3. The zero-order valence-electron chi connectivity index (χ0n) is 11.1. The Balaban J connectivity index is 1.92. The van der Waals surface area contributed by atoms with E-state index in [1.165, 1.54) is 5.56 Å². The Bertz CT molecular complexity index is 597. The van der Waals surface area contributed by atoms with Crippen molar-refractivity contribution in [3.05, 3.63) is 58.7 Å². The van der Waals surface area contributed by atoms with Crippen LogP contribution in [0.1, 0.15) is 28.1 Å². The molecule has 19 heavy (non-hydrogen) atoms. The molecular formula is C15H16N4. The number of aryl methyl sites for hydroxylation is 2. The van der Waals surface area contributed by atoms with Crippen LogP contribution in [-0.4, -0.2) is 9.97 Å². The van der Waals surface area contributed by atoms with Crippen molar-refractivity contribution in [2.45, 2.75) is 26.9 Å². The Morgan fingerprint density at radius 1 is 1.16 bits per heavy atom. The molecule has 0 unspecified atom stereocenters. The first-order valence-corrected chi connectivity index (χ1v) is 6.17. The van der Waals surface area contributed by atoms with Gasteiger partial charge in [0.25, 0.3) is 0 Å². The fourth-order valence-electron chi connectivity index (χ4n) is 1.80. The van der Waals surface area contributed by atoms with Crippen LogP contribution in [0.15, 0.2) is 30.6 Å². The lowest BCUT2D eigenvalue weighted by atomic mass is 10.1. The summed E-state index contributed by atoms with van der Waals surface area (Å²) in [6.07, 6.45) is 3.55. The number of nitrogens with one attached hydrogen (secondary N) is 1. The van der Waals surface area contributed by atoms with E-state index in [2.05, 4.69) is 21.4 Å². The van der Waals surface area contributed by atoms with Gasteiger partial charge in [0.1, 0.15) is 0 Å². The molecule has 2 aromatic rings. The number of nitrogens with zero attached hydrogens (tertiary/aromatic N) is 3. The molecule has 0 saturated carbocycles. The summed E-state index contributed by atoms with van der Waals surface area (Å²) in [6, 6.07) is 7.88. The van der Waals surface area contributed by atoms with E-state index in [-0.39, 0.29) is 0 Å². The van der Waals surface area contributed by atoms with E-state index in [1.54, 1.807) is 12.4 Å². The first-order valence-electron chi connectivity index (χ1n) is 6.17. The molecule has 0 bridgehead atoms. The predicted molar refractivity (Wildman–Crippen MR) is 73.2 cm³/mol. The van der Waals surface area contributed by atoms with Gasteiger partial charge < -0.3 is 5.32 Å². The highest BCUT2D eigenvalue weighted by molar-refractivity contribution is 5.37. The first-order chi connectivity index (χ1) is 9.19. The zero-order chi connectivity index (χ0) is 13.7. The van der Waals surface area contributed by atoms with Gasteiger partial charge in [0, 0.05) is 25.5 Å². The van der Waals surface area contributed by atoms with Gasteiger partial charge in [-0.1, -0.05) is 6.07 Å². The molecule has 1 heterocycles. The van der Waals surface area contributed by atoms with Gasteiger partial charge in [-0.05, 0) is 37.1 Å². The summed E-state index contributed by atoms with van der Waals surface area (Å²) in [5.74, 6) is 0. The lowest BCUT2D eigenvalue weighted by molar-refractivity contribution is 0.673. The summed E-state index contributed by atoms with van der Waals surface area (Å²) in [4.78, 5) is 8.50. The van der Waals surface area contributed by atoms with Gasteiger partial charge in [0.15, 0.2) is 0 Å². The molecule has 2 rings (SSSR count). The number of hydrogen-bond acceptors (Lipinski definition) is 4. The Kier molecular flexibility index (Phi) is 4.22. The quantitative estimate of drug-likeness (QED) is 0.906. The van der Waals surface area contributed by atoms with E-state index in [4.69, 9.17) is 5.26 Å². The summed E-state index contributed by atoms with van der Waals surface area (Å²) < 4.78 is 0. The first kappa shape index (κ1) is 13.2. The lowest BCUT2D eigenvalue weighted by Crippen LogP contribution is -2.14. The van der Waals surface area contributed by atoms with Gasteiger partial charge >= 0.3 is 0 Å². The van der Waals surface area contributed by atoms with Crippen LogP contribution in [0, 0.1) is 25.2 Å². The van der Waals surface area contributed by atoms with Crippen LogP contribution in [0.5, 0.6) is 0 Å². The summed E-state index contributed by atoms with van der Waals surface area (Å²) in [6.45, 7) is 5.38. The average Bonchev–Trinajstić information content (AvgIpc) is 2.42. The van der Waals surface area contributed by atoms with E-state index < -0.39 is 0 Å². The molecule has 96 valence electrons. The second-order valence-corrected chi connectivity index (χ2v) is 4.51. The van der Waals surface area contributed by atoms with Crippen molar-refractivity contribution in [1.82, 2.24) is 15.3 Å². The Morgan fingerprint density at radius 2 is 2.00 bits per heavy atom. The largest absolute Gasteiger partial charge is 0.307 e. The molecule has 1 aromatic carbocycles. The summed E-state index contributed by atoms with van der Waals surface area (Å²) >= 11 is 0. The third kappa shape index (κ3) is 3.60. The molecule has 0 amide bonds. The normalized spacial score (nSPS) is 10.2. The maximum atomic E-state index is 8.82. The minimum Gasteiger partial charge on any atom is -0.307 e. The molecule has 4 nitrogen and oxygen atoms in total. The maximum Gasteiger partial charge on any atom is 0.0991 e. The fraction of sp³-hybridized carbons (Fsp3) is 0.267. The summed E-state index contributed by atoms with van der Waals surface area (Å²) in [7, 11) is 0. The van der Waals surface area contributed by atoms with Crippen molar-refractivity contribution >= 4 is 0 Å². The van der Waals surface area contributed by atoms with Crippen molar-refractivity contribution in [2.24, 2.45) is 0 Å². The fourth-order valence-corrected chi connectivity index (χ4v) is 1.80. The number of hydrogen-bond donors (Lipinski definition) is 1. The minimum absolute atomic E-state index is 0.687. The number of aromatic nitrogens is 2.